The summed E-state index contributed by atoms with van der Waals surface area (Å²) in [7, 11) is 0. The number of amides is 1. The fraction of sp³-hybridized carbons (Fsp3) is 0.381. The molecule has 3 nitrogen and oxygen atoms in total. The second kappa shape index (κ2) is 8.65. The molecule has 1 fully saturated rings. The van der Waals surface area contributed by atoms with Gasteiger partial charge in [-0.1, -0.05) is 60.7 Å². The Morgan fingerprint density at radius 3 is 1.88 bits per heavy atom. The topological polar surface area (TPSA) is 32.3 Å². The van der Waals surface area contributed by atoms with Gasteiger partial charge in [-0.3, -0.25) is 4.79 Å². The Balaban J connectivity index is 1.69. The third-order valence-corrected chi connectivity index (χ3v) is 4.71. The molecular formula is C21H26N2O. The maximum atomic E-state index is 12.9. The van der Waals surface area contributed by atoms with Crippen LogP contribution >= 0.6 is 0 Å². The number of carbonyl (C=O) groups excluding carboxylic acids is 1. The summed E-state index contributed by atoms with van der Waals surface area (Å²) in [5.74, 6) is 0.794. The van der Waals surface area contributed by atoms with Gasteiger partial charge in [-0.15, -0.1) is 0 Å². The number of hydrogen-bond acceptors (Lipinski definition) is 2. The van der Waals surface area contributed by atoms with Gasteiger partial charge in [-0.25, -0.2) is 0 Å². The van der Waals surface area contributed by atoms with Crippen LogP contribution in [0.1, 0.15) is 30.4 Å². The van der Waals surface area contributed by atoms with E-state index in [1.807, 2.05) is 41.3 Å². The number of carbonyl (C=O) groups is 1. The predicted molar refractivity (Wildman–Crippen MR) is 97.3 cm³/mol. The van der Waals surface area contributed by atoms with E-state index in [1.165, 1.54) is 11.1 Å². The fourth-order valence-electron chi connectivity index (χ4n) is 3.30. The summed E-state index contributed by atoms with van der Waals surface area (Å²) in [6.45, 7) is 3.43. The first kappa shape index (κ1) is 16.7. The fourth-order valence-corrected chi connectivity index (χ4v) is 3.30. The molecule has 0 saturated carbocycles. The van der Waals surface area contributed by atoms with Crippen LogP contribution in [0, 0.1) is 5.92 Å². The van der Waals surface area contributed by atoms with E-state index in [-0.39, 0.29) is 5.91 Å². The van der Waals surface area contributed by atoms with Gasteiger partial charge in [-0.2, -0.15) is 0 Å². The van der Waals surface area contributed by atoms with E-state index < -0.39 is 0 Å². The Labute approximate surface area is 144 Å². The third-order valence-electron chi connectivity index (χ3n) is 4.71. The number of hydrogen-bond donors (Lipinski definition) is 1. The molecule has 0 radical (unpaired) electrons. The van der Waals surface area contributed by atoms with E-state index in [0.717, 1.165) is 25.9 Å². The Morgan fingerprint density at radius 2 is 1.38 bits per heavy atom. The van der Waals surface area contributed by atoms with E-state index in [9.17, 15) is 4.79 Å². The highest BCUT2D eigenvalue weighted by molar-refractivity contribution is 5.76. The van der Waals surface area contributed by atoms with Gasteiger partial charge in [0.2, 0.25) is 5.91 Å². The molecule has 1 aliphatic heterocycles. The number of benzene rings is 2. The van der Waals surface area contributed by atoms with E-state index in [4.69, 9.17) is 0 Å². The molecule has 1 N–H and O–H groups in total. The molecule has 0 spiro atoms. The average molecular weight is 322 g/mol. The lowest BCUT2D eigenvalue weighted by molar-refractivity contribution is -0.133. The maximum Gasteiger partial charge on any atom is 0.223 e. The minimum Gasteiger partial charge on any atom is -0.334 e. The number of rotatable bonds is 6. The summed E-state index contributed by atoms with van der Waals surface area (Å²) in [6.07, 6.45) is 2.88. The van der Waals surface area contributed by atoms with Crippen molar-refractivity contribution in [3.8, 4) is 0 Å². The molecule has 1 amide bonds. The van der Waals surface area contributed by atoms with Crippen molar-refractivity contribution >= 4 is 5.91 Å². The third kappa shape index (κ3) is 4.93. The van der Waals surface area contributed by atoms with Crippen molar-refractivity contribution in [1.82, 2.24) is 10.2 Å². The van der Waals surface area contributed by atoms with Crippen LogP contribution in [0.2, 0.25) is 0 Å². The molecule has 2 aromatic carbocycles. The van der Waals surface area contributed by atoms with E-state index >= 15 is 0 Å². The Hall–Kier alpha value is -2.13. The van der Waals surface area contributed by atoms with Crippen molar-refractivity contribution in [2.24, 2.45) is 5.92 Å². The number of nitrogens with zero attached hydrogens (tertiary/aromatic N) is 1. The van der Waals surface area contributed by atoms with Gasteiger partial charge in [0, 0.05) is 19.5 Å². The Bertz CT molecular complexity index is 579. The lowest BCUT2D eigenvalue weighted by atomic mass is 9.94. The van der Waals surface area contributed by atoms with Crippen LogP contribution < -0.4 is 5.32 Å². The predicted octanol–water partition coefficient (Wildman–Crippen LogP) is 3.61. The van der Waals surface area contributed by atoms with Crippen molar-refractivity contribution in [2.75, 3.05) is 13.1 Å². The van der Waals surface area contributed by atoms with Gasteiger partial charge in [0.1, 0.15) is 0 Å². The molecule has 1 saturated heterocycles. The van der Waals surface area contributed by atoms with Crippen molar-refractivity contribution in [1.29, 1.82) is 0 Å². The van der Waals surface area contributed by atoms with E-state index in [0.29, 0.717) is 25.4 Å². The van der Waals surface area contributed by atoms with E-state index in [1.54, 1.807) is 0 Å². The highest BCUT2D eigenvalue weighted by Crippen LogP contribution is 2.19. The zero-order valence-electron chi connectivity index (χ0n) is 14.2. The summed E-state index contributed by atoms with van der Waals surface area (Å²) in [4.78, 5) is 14.9. The van der Waals surface area contributed by atoms with Gasteiger partial charge in [-0.05, 0) is 43.0 Å². The second-order valence-electron chi connectivity index (χ2n) is 6.62. The lowest BCUT2D eigenvalue weighted by Gasteiger charge is -2.27. The number of piperidine rings is 1. The minimum absolute atomic E-state index is 0.273. The van der Waals surface area contributed by atoms with Crippen LogP contribution in [0.3, 0.4) is 0 Å². The summed E-state index contributed by atoms with van der Waals surface area (Å²) in [5, 5.41) is 3.37. The zero-order valence-corrected chi connectivity index (χ0v) is 14.2. The van der Waals surface area contributed by atoms with Crippen molar-refractivity contribution in [3.05, 3.63) is 71.8 Å². The molecule has 24 heavy (non-hydrogen) atoms. The number of nitrogens with one attached hydrogen (secondary N) is 1. The monoisotopic (exact) mass is 322 g/mol. The van der Waals surface area contributed by atoms with Crippen LogP contribution in [0.4, 0.5) is 0 Å². The molecule has 1 aliphatic rings. The molecule has 0 unspecified atom stereocenters. The summed E-state index contributed by atoms with van der Waals surface area (Å²) < 4.78 is 0. The maximum absolute atomic E-state index is 12.9. The molecule has 3 heteroatoms. The van der Waals surface area contributed by atoms with Crippen molar-refractivity contribution in [3.63, 3.8) is 0 Å². The first-order chi connectivity index (χ1) is 11.8. The normalized spacial score (nSPS) is 15.2. The molecular weight excluding hydrogens is 296 g/mol. The van der Waals surface area contributed by atoms with Gasteiger partial charge >= 0.3 is 0 Å². The molecule has 1 heterocycles. The van der Waals surface area contributed by atoms with Crippen LogP contribution in [0.25, 0.3) is 0 Å². The largest absolute Gasteiger partial charge is 0.334 e. The molecule has 0 aliphatic carbocycles. The standard InChI is InChI=1S/C21H26N2O/c24-21(15-18-11-13-22-14-12-18)23(16-19-7-3-1-4-8-19)17-20-9-5-2-6-10-20/h1-10,18,22H,11-17H2. The Morgan fingerprint density at radius 1 is 0.875 bits per heavy atom. The first-order valence-electron chi connectivity index (χ1n) is 8.87. The van der Waals surface area contributed by atoms with Gasteiger partial charge < -0.3 is 10.2 Å². The SMILES string of the molecule is O=C(CC1CCNCC1)N(Cc1ccccc1)Cc1ccccc1. The molecule has 0 bridgehead atoms. The van der Waals surface area contributed by atoms with Crippen LogP contribution in [-0.2, 0) is 17.9 Å². The minimum atomic E-state index is 0.273. The lowest BCUT2D eigenvalue weighted by Crippen LogP contribution is -2.34. The summed E-state index contributed by atoms with van der Waals surface area (Å²) in [5.41, 5.74) is 2.37. The second-order valence-corrected chi connectivity index (χ2v) is 6.62. The van der Waals surface area contributed by atoms with Crippen molar-refractivity contribution < 1.29 is 4.79 Å². The van der Waals surface area contributed by atoms with Crippen molar-refractivity contribution in [2.45, 2.75) is 32.4 Å². The van der Waals surface area contributed by atoms with Crippen LogP contribution in [0.5, 0.6) is 0 Å². The van der Waals surface area contributed by atoms with Crippen LogP contribution in [-0.4, -0.2) is 23.9 Å². The zero-order chi connectivity index (χ0) is 16.6. The highest BCUT2D eigenvalue weighted by Gasteiger charge is 2.21. The van der Waals surface area contributed by atoms with Gasteiger partial charge in [0.15, 0.2) is 0 Å². The van der Waals surface area contributed by atoms with Gasteiger partial charge in [0.05, 0.1) is 0 Å². The summed E-state index contributed by atoms with van der Waals surface area (Å²) >= 11 is 0. The summed E-state index contributed by atoms with van der Waals surface area (Å²) in [6, 6.07) is 20.5. The quantitative estimate of drug-likeness (QED) is 0.881. The first-order valence-corrected chi connectivity index (χ1v) is 8.87. The van der Waals surface area contributed by atoms with Crippen LogP contribution in [0.15, 0.2) is 60.7 Å². The smallest absolute Gasteiger partial charge is 0.223 e. The van der Waals surface area contributed by atoms with Gasteiger partial charge in [0.25, 0.3) is 0 Å². The average Bonchev–Trinajstić information content (AvgIpc) is 2.64. The molecule has 0 aromatic heterocycles. The van der Waals surface area contributed by atoms with E-state index in [2.05, 4.69) is 29.6 Å². The molecule has 3 rings (SSSR count). The highest BCUT2D eigenvalue weighted by atomic mass is 16.2. The Kier molecular flexibility index (Phi) is 6.02. The molecule has 2 aromatic rings. The molecule has 0 atom stereocenters. The molecule has 126 valence electrons.